The van der Waals surface area contributed by atoms with Crippen LogP contribution in [-0.4, -0.2) is 19.2 Å². The SMILES string of the molecule is CCOC(=O)CCON. The lowest BCUT2D eigenvalue weighted by Crippen LogP contribution is -2.10. The van der Waals surface area contributed by atoms with Crippen molar-refractivity contribution in [2.75, 3.05) is 13.2 Å². The molecule has 0 amide bonds. The number of ether oxygens (including phenoxy) is 1. The van der Waals surface area contributed by atoms with Gasteiger partial charge in [0.1, 0.15) is 0 Å². The minimum atomic E-state index is -0.275. The van der Waals surface area contributed by atoms with Gasteiger partial charge in [0.25, 0.3) is 0 Å². The number of nitrogens with two attached hydrogens (primary N) is 1. The fraction of sp³-hybridized carbons (Fsp3) is 0.800. The maximum absolute atomic E-state index is 10.4. The summed E-state index contributed by atoms with van der Waals surface area (Å²) in [6, 6.07) is 0. The summed E-state index contributed by atoms with van der Waals surface area (Å²) < 4.78 is 4.57. The Bertz CT molecular complexity index is 84.3. The van der Waals surface area contributed by atoms with Crippen LogP contribution in [0.5, 0.6) is 0 Å². The van der Waals surface area contributed by atoms with Crippen LogP contribution in [-0.2, 0) is 14.4 Å². The van der Waals surface area contributed by atoms with Gasteiger partial charge >= 0.3 is 5.97 Å². The predicted molar refractivity (Wildman–Crippen MR) is 31.4 cm³/mol. The van der Waals surface area contributed by atoms with Crippen molar-refractivity contribution in [1.29, 1.82) is 0 Å². The summed E-state index contributed by atoms with van der Waals surface area (Å²) in [6.45, 7) is 2.38. The van der Waals surface area contributed by atoms with Gasteiger partial charge in [0.2, 0.25) is 0 Å². The van der Waals surface area contributed by atoms with E-state index in [4.69, 9.17) is 0 Å². The highest BCUT2D eigenvalue weighted by molar-refractivity contribution is 5.69. The van der Waals surface area contributed by atoms with E-state index in [0.29, 0.717) is 6.61 Å². The molecule has 2 N–H and O–H groups in total. The molecule has 4 heteroatoms. The van der Waals surface area contributed by atoms with Gasteiger partial charge in [-0.25, -0.2) is 5.90 Å². The fourth-order valence-corrected chi connectivity index (χ4v) is 0.375. The zero-order valence-corrected chi connectivity index (χ0v) is 5.42. The molecule has 9 heavy (non-hydrogen) atoms. The number of esters is 1. The number of hydrogen-bond acceptors (Lipinski definition) is 4. The summed E-state index contributed by atoms with van der Waals surface area (Å²) in [5, 5.41) is 0. The van der Waals surface area contributed by atoms with Crippen molar-refractivity contribution in [3.05, 3.63) is 0 Å². The third kappa shape index (κ3) is 5.26. The first-order valence-electron chi connectivity index (χ1n) is 2.78. The van der Waals surface area contributed by atoms with Crippen molar-refractivity contribution < 1.29 is 14.4 Å². The Labute approximate surface area is 53.9 Å². The molecule has 0 heterocycles. The molecule has 0 unspecified atom stereocenters. The third-order valence-corrected chi connectivity index (χ3v) is 0.729. The summed E-state index contributed by atoms with van der Waals surface area (Å²) in [5.41, 5.74) is 0. The van der Waals surface area contributed by atoms with Crippen molar-refractivity contribution in [3.8, 4) is 0 Å². The van der Waals surface area contributed by atoms with E-state index in [2.05, 4.69) is 15.5 Å². The van der Waals surface area contributed by atoms with Crippen LogP contribution < -0.4 is 5.90 Å². The lowest BCUT2D eigenvalue weighted by molar-refractivity contribution is -0.144. The largest absolute Gasteiger partial charge is 0.466 e. The number of rotatable bonds is 4. The Kier molecular flexibility index (Phi) is 5.15. The number of hydrogen-bond donors (Lipinski definition) is 1. The predicted octanol–water partition coefficient (Wildman–Crippen LogP) is -0.170. The lowest BCUT2D eigenvalue weighted by atomic mass is 10.5. The molecular formula is C5H11NO3. The van der Waals surface area contributed by atoms with Crippen LogP contribution in [0.1, 0.15) is 13.3 Å². The Balaban J connectivity index is 3.06. The molecule has 0 rings (SSSR count). The van der Waals surface area contributed by atoms with Gasteiger partial charge in [-0.05, 0) is 6.92 Å². The fourth-order valence-electron chi connectivity index (χ4n) is 0.375. The Hall–Kier alpha value is -0.610. The van der Waals surface area contributed by atoms with Crippen LogP contribution in [0.3, 0.4) is 0 Å². The van der Waals surface area contributed by atoms with Gasteiger partial charge in [0.15, 0.2) is 0 Å². The van der Waals surface area contributed by atoms with Crippen molar-refractivity contribution in [2.45, 2.75) is 13.3 Å². The monoisotopic (exact) mass is 133 g/mol. The van der Waals surface area contributed by atoms with Gasteiger partial charge in [-0.1, -0.05) is 0 Å². The maximum Gasteiger partial charge on any atom is 0.308 e. The average molecular weight is 133 g/mol. The highest BCUT2D eigenvalue weighted by Gasteiger charge is 1.98. The molecule has 0 aromatic heterocycles. The highest BCUT2D eigenvalue weighted by Crippen LogP contribution is 1.84. The number of carbonyl (C=O) groups excluding carboxylic acids is 1. The Morgan fingerprint density at radius 2 is 2.33 bits per heavy atom. The van der Waals surface area contributed by atoms with Gasteiger partial charge in [0.05, 0.1) is 19.6 Å². The second kappa shape index (κ2) is 5.53. The van der Waals surface area contributed by atoms with Crippen molar-refractivity contribution >= 4 is 5.97 Å². The van der Waals surface area contributed by atoms with Crippen LogP contribution in [0.15, 0.2) is 0 Å². The molecule has 0 fully saturated rings. The molecule has 0 aliphatic carbocycles. The van der Waals surface area contributed by atoms with Crippen molar-refractivity contribution in [3.63, 3.8) is 0 Å². The van der Waals surface area contributed by atoms with Crippen molar-refractivity contribution in [2.24, 2.45) is 5.90 Å². The van der Waals surface area contributed by atoms with Crippen molar-refractivity contribution in [1.82, 2.24) is 0 Å². The van der Waals surface area contributed by atoms with E-state index in [-0.39, 0.29) is 19.0 Å². The smallest absolute Gasteiger partial charge is 0.308 e. The highest BCUT2D eigenvalue weighted by atomic mass is 16.6. The van der Waals surface area contributed by atoms with E-state index in [9.17, 15) is 4.79 Å². The minimum absolute atomic E-state index is 0.221. The summed E-state index contributed by atoms with van der Waals surface area (Å²) in [6.07, 6.45) is 0.227. The molecule has 0 aliphatic rings. The van der Waals surface area contributed by atoms with E-state index < -0.39 is 0 Å². The molecule has 0 saturated heterocycles. The first-order valence-corrected chi connectivity index (χ1v) is 2.78. The minimum Gasteiger partial charge on any atom is -0.466 e. The molecule has 0 aliphatic heterocycles. The summed E-state index contributed by atoms with van der Waals surface area (Å²) in [7, 11) is 0. The van der Waals surface area contributed by atoms with Gasteiger partial charge in [0, 0.05) is 0 Å². The molecule has 54 valence electrons. The van der Waals surface area contributed by atoms with Gasteiger partial charge in [-0.2, -0.15) is 0 Å². The molecule has 0 radical (unpaired) electrons. The van der Waals surface area contributed by atoms with Gasteiger partial charge in [-0.3, -0.25) is 4.79 Å². The van der Waals surface area contributed by atoms with Gasteiger partial charge < -0.3 is 9.57 Å². The number of carbonyl (C=O) groups is 1. The summed E-state index contributed by atoms with van der Waals surface area (Å²) >= 11 is 0. The average Bonchev–Trinajstić information content (AvgIpc) is 1.85. The topological polar surface area (TPSA) is 61.5 Å². The zero-order valence-electron chi connectivity index (χ0n) is 5.42. The van der Waals surface area contributed by atoms with E-state index in [1.165, 1.54) is 0 Å². The first kappa shape index (κ1) is 8.39. The second-order valence-electron chi connectivity index (χ2n) is 1.43. The first-order chi connectivity index (χ1) is 4.31. The second-order valence-corrected chi connectivity index (χ2v) is 1.43. The lowest BCUT2D eigenvalue weighted by Gasteiger charge is -1.98. The van der Waals surface area contributed by atoms with Gasteiger partial charge in [-0.15, -0.1) is 0 Å². The molecule has 0 bridgehead atoms. The van der Waals surface area contributed by atoms with Crippen LogP contribution in [0.2, 0.25) is 0 Å². The zero-order chi connectivity index (χ0) is 7.11. The maximum atomic E-state index is 10.4. The van der Waals surface area contributed by atoms with Crippen LogP contribution in [0, 0.1) is 0 Å². The molecule has 0 aromatic rings. The molecule has 0 aromatic carbocycles. The summed E-state index contributed by atoms with van der Waals surface area (Å²) in [5.74, 6) is 4.39. The van der Waals surface area contributed by atoms with E-state index in [1.807, 2.05) is 0 Å². The normalized spacial score (nSPS) is 9.11. The van der Waals surface area contributed by atoms with Crippen LogP contribution in [0.4, 0.5) is 0 Å². The van der Waals surface area contributed by atoms with E-state index in [0.717, 1.165) is 0 Å². The van der Waals surface area contributed by atoms with E-state index >= 15 is 0 Å². The molecule has 0 saturated carbocycles. The standard InChI is InChI=1S/C5H11NO3/c1-2-8-5(7)3-4-9-6/h2-4,6H2,1H3. The van der Waals surface area contributed by atoms with Crippen LogP contribution >= 0.6 is 0 Å². The van der Waals surface area contributed by atoms with E-state index in [1.54, 1.807) is 6.92 Å². The molecular weight excluding hydrogens is 122 g/mol. The molecule has 0 atom stereocenters. The molecule has 0 spiro atoms. The van der Waals surface area contributed by atoms with Crippen LogP contribution in [0.25, 0.3) is 0 Å². The quantitative estimate of drug-likeness (QED) is 0.427. The third-order valence-electron chi connectivity index (χ3n) is 0.729. The summed E-state index contributed by atoms with van der Waals surface area (Å²) in [4.78, 5) is 14.6. The Morgan fingerprint density at radius 1 is 1.67 bits per heavy atom. The molecule has 4 nitrogen and oxygen atoms in total. The Morgan fingerprint density at radius 3 is 2.78 bits per heavy atom.